The van der Waals surface area contributed by atoms with E-state index in [1.165, 1.54) is 0 Å². The molecule has 1 aliphatic carbocycles. The van der Waals surface area contributed by atoms with Gasteiger partial charge in [0.25, 0.3) is 0 Å². The second-order valence-corrected chi connectivity index (χ2v) is 6.80. The van der Waals surface area contributed by atoms with Crippen LogP contribution in [-0.2, 0) is 22.6 Å². The summed E-state index contributed by atoms with van der Waals surface area (Å²) in [4.78, 5) is 6.99. The van der Waals surface area contributed by atoms with Crippen molar-refractivity contribution in [3.63, 3.8) is 0 Å². The molecule has 6 heteroatoms. The van der Waals surface area contributed by atoms with Gasteiger partial charge in [-0.2, -0.15) is 5.10 Å². The van der Waals surface area contributed by atoms with Gasteiger partial charge in [0.05, 0.1) is 24.5 Å². The van der Waals surface area contributed by atoms with Gasteiger partial charge in [-0.15, -0.1) is 0 Å². The Hall–Kier alpha value is -1.76. The summed E-state index contributed by atoms with van der Waals surface area (Å²) in [6.07, 6.45) is 9.29. The predicted octanol–water partition coefficient (Wildman–Crippen LogP) is 2.12. The minimum atomic E-state index is 0.196. The number of pyridine rings is 1. The Balaban J connectivity index is 1.27. The van der Waals surface area contributed by atoms with Gasteiger partial charge in [0, 0.05) is 50.9 Å². The van der Waals surface area contributed by atoms with Crippen molar-refractivity contribution < 1.29 is 9.47 Å². The van der Waals surface area contributed by atoms with Crippen molar-refractivity contribution in [3.8, 4) is 0 Å². The maximum atomic E-state index is 6.16. The van der Waals surface area contributed by atoms with E-state index in [1.54, 1.807) is 0 Å². The lowest BCUT2D eigenvalue weighted by Gasteiger charge is -2.38. The van der Waals surface area contributed by atoms with Gasteiger partial charge in [0.15, 0.2) is 0 Å². The van der Waals surface area contributed by atoms with Crippen molar-refractivity contribution in [2.75, 3.05) is 19.8 Å². The van der Waals surface area contributed by atoms with Crippen molar-refractivity contribution in [3.05, 3.63) is 48.5 Å². The molecule has 134 valence electrons. The Morgan fingerprint density at radius 3 is 3.04 bits per heavy atom. The highest BCUT2D eigenvalue weighted by Crippen LogP contribution is 2.32. The van der Waals surface area contributed by atoms with Crippen LogP contribution in [0.2, 0.25) is 0 Å². The summed E-state index contributed by atoms with van der Waals surface area (Å²) in [6.45, 7) is 4.32. The topological polar surface area (TPSA) is 52.4 Å². The average Bonchev–Trinajstić information content (AvgIpc) is 3.30. The molecule has 25 heavy (non-hydrogen) atoms. The largest absolute Gasteiger partial charge is 0.375 e. The van der Waals surface area contributed by atoms with Gasteiger partial charge in [0.2, 0.25) is 0 Å². The number of morpholine rings is 1. The summed E-state index contributed by atoms with van der Waals surface area (Å²) in [5.41, 5.74) is 1.13. The molecule has 1 aliphatic heterocycles. The molecule has 1 saturated carbocycles. The molecule has 3 atom stereocenters. The maximum Gasteiger partial charge on any atom is 0.0992 e. The van der Waals surface area contributed by atoms with Crippen LogP contribution in [0.1, 0.15) is 25.0 Å². The molecule has 2 aromatic heterocycles. The third-order valence-corrected chi connectivity index (χ3v) is 5.16. The average molecular weight is 342 g/mol. The van der Waals surface area contributed by atoms with E-state index in [-0.39, 0.29) is 12.2 Å². The van der Waals surface area contributed by atoms with Gasteiger partial charge in [0.1, 0.15) is 0 Å². The van der Waals surface area contributed by atoms with Crippen LogP contribution in [0.15, 0.2) is 42.9 Å². The normalized spacial score (nSPS) is 26.6. The summed E-state index contributed by atoms with van der Waals surface area (Å²) < 4.78 is 14.2. The lowest BCUT2D eigenvalue weighted by atomic mass is 10.1. The van der Waals surface area contributed by atoms with Crippen molar-refractivity contribution in [1.29, 1.82) is 0 Å². The van der Waals surface area contributed by atoms with E-state index in [4.69, 9.17) is 9.47 Å². The molecule has 2 fully saturated rings. The van der Waals surface area contributed by atoms with Crippen LogP contribution < -0.4 is 0 Å². The molecule has 1 saturated heterocycles. The van der Waals surface area contributed by atoms with Crippen molar-refractivity contribution in [2.45, 2.75) is 50.6 Å². The first-order chi connectivity index (χ1) is 12.4. The number of ether oxygens (including phenoxy) is 2. The number of rotatable bonds is 7. The quantitative estimate of drug-likeness (QED) is 0.722. The molecule has 4 rings (SSSR count). The summed E-state index contributed by atoms with van der Waals surface area (Å²) in [7, 11) is 0. The smallest absolute Gasteiger partial charge is 0.0992 e. The van der Waals surface area contributed by atoms with E-state index in [9.17, 15) is 0 Å². The molecule has 0 unspecified atom stereocenters. The van der Waals surface area contributed by atoms with E-state index in [0.29, 0.717) is 6.04 Å². The van der Waals surface area contributed by atoms with E-state index in [1.807, 2.05) is 35.4 Å². The van der Waals surface area contributed by atoms with Crippen LogP contribution >= 0.6 is 0 Å². The number of aromatic nitrogens is 3. The molecular weight excluding hydrogens is 316 g/mol. The molecule has 0 spiro atoms. The first-order valence-corrected chi connectivity index (χ1v) is 9.25. The van der Waals surface area contributed by atoms with Crippen LogP contribution in [0.5, 0.6) is 0 Å². The fourth-order valence-corrected chi connectivity index (χ4v) is 3.96. The summed E-state index contributed by atoms with van der Waals surface area (Å²) >= 11 is 0. The van der Waals surface area contributed by atoms with Crippen molar-refractivity contribution in [1.82, 2.24) is 19.7 Å². The highest BCUT2D eigenvalue weighted by Gasteiger charge is 2.43. The lowest BCUT2D eigenvalue weighted by Crippen LogP contribution is -2.51. The zero-order chi connectivity index (χ0) is 16.9. The molecule has 0 radical (unpaired) electrons. The van der Waals surface area contributed by atoms with Gasteiger partial charge in [-0.3, -0.25) is 14.6 Å². The van der Waals surface area contributed by atoms with E-state index >= 15 is 0 Å². The van der Waals surface area contributed by atoms with Crippen molar-refractivity contribution in [2.24, 2.45) is 0 Å². The molecule has 3 heterocycles. The van der Waals surface area contributed by atoms with E-state index in [2.05, 4.69) is 27.1 Å². The number of hydrogen-bond donors (Lipinski definition) is 0. The number of aryl methyl sites for hydroxylation is 1. The third kappa shape index (κ3) is 4.08. The standard InChI is InChI=1S/C19H26N4O2/c1-2-8-20-16(5-1)15-22-12-14-25-19-17(22)6-7-18(19)24-13-4-11-23-10-3-9-21-23/h1-3,5,8-10,17-19H,4,6-7,11-15H2/t17-,18+,19+/m0/s1. The van der Waals surface area contributed by atoms with Gasteiger partial charge in [-0.1, -0.05) is 6.07 Å². The Labute approximate surface area is 148 Å². The minimum Gasteiger partial charge on any atom is -0.375 e. The number of nitrogens with zero attached hydrogens (tertiary/aromatic N) is 4. The Kier molecular flexibility index (Phi) is 5.40. The first kappa shape index (κ1) is 16.7. The number of hydrogen-bond acceptors (Lipinski definition) is 5. The monoisotopic (exact) mass is 342 g/mol. The van der Waals surface area contributed by atoms with E-state index < -0.39 is 0 Å². The Morgan fingerprint density at radius 1 is 1.20 bits per heavy atom. The second kappa shape index (κ2) is 8.08. The SMILES string of the molecule is c1ccc(CN2CCO[C@H]3[C@H](OCCCn4cccn4)CC[C@@H]32)nc1. The fourth-order valence-electron chi connectivity index (χ4n) is 3.96. The zero-order valence-corrected chi connectivity index (χ0v) is 14.5. The van der Waals surface area contributed by atoms with Crippen LogP contribution in [0.3, 0.4) is 0 Å². The van der Waals surface area contributed by atoms with E-state index in [0.717, 1.165) is 57.8 Å². The van der Waals surface area contributed by atoms with Crippen LogP contribution in [-0.4, -0.2) is 57.7 Å². The Morgan fingerprint density at radius 2 is 2.20 bits per heavy atom. The first-order valence-electron chi connectivity index (χ1n) is 9.25. The number of fused-ring (bicyclic) bond motifs is 1. The minimum absolute atomic E-state index is 0.196. The van der Waals surface area contributed by atoms with Gasteiger partial charge in [-0.25, -0.2) is 0 Å². The highest BCUT2D eigenvalue weighted by molar-refractivity contribution is 5.05. The summed E-state index contributed by atoms with van der Waals surface area (Å²) in [5, 5.41) is 4.22. The van der Waals surface area contributed by atoms with Crippen molar-refractivity contribution >= 4 is 0 Å². The van der Waals surface area contributed by atoms with Gasteiger partial charge >= 0.3 is 0 Å². The van der Waals surface area contributed by atoms with Gasteiger partial charge in [-0.05, 0) is 37.5 Å². The molecular formula is C19H26N4O2. The molecule has 0 aromatic carbocycles. The lowest BCUT2D eigenvalue weighted by molar-refractivity contribution is -0.115. The summed E-state index contributed by atoms with van der Waals surface area (Å²) in [6, 6.07) is 8.53. The zero-order valence-electron chi connectivity index (χ0n) is 14.5. The van der Waals surface area contributed by atoms with Crippen LogP contribution in [0, 0.1) is 0 Å². The second-order valence-electron chi connectivity index (χ2n) is 6.80. The maximum absolute atomic E-state index is 6.16. The van der Waals surface area contributed by atoms with Gasteiger partial charge < -0.3 is 9.47 Å². The molecule has 0 N–H and O–H groups in total. The Bertz CT molecular complexity index is 634. The third-order valence-electron chi connectivity index (χ3n) is 5.16. The molecule has 6 nitrogen and oxygen atoms in total. The van der Waals surface area contributed by atoms with Crippen LogP contribution in [0.25, 0.3) is 0 Å². The summed E-state index contributed by atoms with van der Waals surface area (Å²) in [5.74, 6) is 0. The fraction of sp³-hybridized carbons (Fsp3) is 0.579. The highest BCUT2D eigenvalue weighted by atomic mass is 16.5. The molecule has 2 aromatic rings. The predicted molar refractivity (Wildman–Crippen MR) is 94.0 cm³/mol. The molecule has 0 amide bonds. The molecule has 0 bridgehead atoms. The van der Waals surface area contributed by atoms with Crippen LogP contribution in [0.4, 0.5) is 0 Å². The molecule has 2 aliphatic rings.